The van der Waals surface area contributed by atoms with Crippen molar-refractivity contribution in [3.63, 3.8) is 0 Å². The molecular weight excluding hydrogens is 236 g/mol. The summed E-state index contributed by atoms with van der Waals surface area (Å²) < 4.78 is 0. The first kappa shape index (κ1) is 14.8. The van der Waals surface area contributed by atoms with Gasteiger partial charge in [-0.15, -0.1) is 12.4 Å². The maximum absolute atomic E-state index is 12.4. The van der Waals surface area contributed by atoms with Gasteiger partial charge in [0, 0.05) is 24.5 Å². The van der Waals surface area contributed by atoms with E-state index in [9.17, 15) is 4.79 Å². The van der Waals surface area contributed by atoms with Gasteiger partial charge in [-0.3, -0.25) is 4.79 Å². The van der Waals surface area contributed by atoms with Crippen LogP contribution in [0.3, 0.4) is 0 Å². The van der Waals surface area contributed by atoms with Gasteiger partial charge in [0.1, 0.15) is 0 Å². The number of nitrogens with zero attached hydrogens (tertiary/aromatic N) is 1. The van der Waals surface area contributed by atoms with Crippen LogP contribution in [0.5, 0.6) is 0 Å². The van der Waals surface area contributed by atoms with Crippen LogP contribution in [0.2, 0.25) is 0 Å². The molecule has 0 spiro atoms. The Hall–Kier alpha value is -0.280. The molecule has 2 unspecified atom stereocenters. The second-order valence-corrected chi connectivity index (χ2v) is 5.93. The van der Waals surface area contributed by atoms with E-state index in [0.717, 1.165) is 32.4 Å². The Balaban J connectivity index is 0.00000144. The van der Waals surface area contributed by atoms with E-state index in [0.29, 0.717) is 11.8 Å². The summed E-state index contributed by atoms with van der Waals surface area (Å²) in [5.74, 6) is 0.891. The fourth-order valence-electron chi connectivity index (χ4n) is 3.15. The van der Waals surface area contributed by atoms with Crippen molar-refractivity contribution in [1.82, 2.24) is 4.90 Å². The number of halogens is 1. The normalized spacial score (nSPS) is 28.9. The number of amides is 1. The Labute approximate surface area is 111 Å². The summed E-state index contributed by atoms with van der Waals surface area (Å²) in [6.45, 7) is 5.99. The first-order valence-electron chi connectivity index (χ1n) is 6.58. The molecule has 1 aliphatic carbocycles. The van der Waals surface area contributed by atoms with Gasteiger partial charge in [-0.2, -0.15) is 0 Å². The molecule has 0 radical (unpaired) electrons. The van der Waals surface area contributed by atoms with Gasteiger partial charge in [0.25, 0.3) is 0 Å². The van der Waals surface area contributed by atoms with Crippen LogP contribution in [-0.4, -0.2) is 29.9 Å². The number of hydrogen-bond donors (Lipinski definition) is 1. The quantitative estimate of drug-likeness (QED) is 0.827. The van der Waals surface area contributed by atoms with E-state index in [4.69, 9.17) is 5.73 Å². The average molecular weight is 261 g/mol. The van der Waals surface area contributed by atoms with Gasteiger partial charge >= 0.3 is 0 Å². The van der Waals surface area contributed by atoms with Crippen molar-refractivity contribution in [2.75, 3.05) is 13.1 Å². The fraction of sp³-hybridized carbons (Fsp3) is 0.923. The lowest BCUT2D eigenvalue weighted by Crippen LogP contribution is -2.40. The van der Waals surface area contributed by atoms with Gasteiger partial charge in [-0.25, -0.2) is 0 Å². The minimum atomic E-state index is -0.0628. The van der Waals surface area contributed by atoms with E-state index in [1.54, 1.807) is 0 Å². The summed E-state index contributed by atoms with van der Waals surface area (Å²) >= 11 is 0. The highest BCUT2D eigenvalue weighted by atomic mass is 35.5. The lowest BCUT2D eigenvalue weighted by Gasteiger charge is -2.29. The molecule has 2 N–H and O–H groups in total. The predicted octanol–water partition coefficient (Wildman–Crippen LogP) is 2.18. The molecule has 100 valence electrons. The van der Waals surface area contributed by atoms with Crippen molar-refractivity contribution in [2.24, 2.45) is 17.1 Å². The second kappa shape index (κ2) is 5.57. The zero-order valence-corrected chi connectivity index (χ0v) is 11.8. The predicted molar refractivity (Wildman–Crippen MR) is 72.2 cm³/mol. The van der Waals surface area contributed by atoms with Crippen LogP contribution >= 0.6 is 12.4 Å². The Morgan fingerprint density at radius 3 is 2.47 bits per heavy atom. The number of rotatable bonds is 2. The molecular formula is C13H25ClN2O. The molecule has 3 nitrogen and oxygen atoms in total. The van der Waals surface area contributed by atoms with Gasteiger partial charge in [0.2, 0.25) is 5.91 Å². The topological polar surface area (TPSA) is 46.3 Å². The van der Waals surface area contributed by atoms with E-state index in [2.05, 4.69) is 18.7 Å². The summed E-state index contributed by atoms with van der Waals surface area (Å²) in [6.07, 6.45) is 5.66. The Kier molecular flexibility index (Phi) is 4.85. The number of hydrogen-bond acceptors (Lipinski definition) is 2. The molecule has 17 heavy (non-hydrogen) atoms. The van der Waals surface area contributed by atoms with Crippen LogP contribution in [0.4, 0.5) is 0 Å². The summed E-state index contributed by atoms with van der Waals surface area (Å²) in [6, 6.07) is 0.217. The molecule has 1 saturated heterocycles. The zero-order chi connectivity index (χ0) is 11.8. The monoisotopic (exact) mass is 260 g/mol. The highest BCUT2D eigenvalue weighted by Crippen LogP contribution is 2.40. The molecule has 0 aromatic rings. The minimum Gasteiger partial charge on any atom is -0.342 e. The number of carbonyl (C=O) groups is 1. The third kappa shape index (κ3) is 2.94. The van der Waals surface area contributed by atoms with E-state index in [-0.39, 0.29) is 23.9 Å². The van der Waals surface area contributed by atoms with E-state index >= 15 is 0 Å². The van der Waals surface area contributed by atoms with Crippen molar-refractivity contribution < 1.29 is 4.79 Å². The smallest absolute Gasteiger partial charge is 0.228 e. The van der Waals surface area contributed by atoms with Crippen molar-refractivity contribution in [3.8, 4) is 0 Å². The van der Waals surface area contributed by atoms with Crippen LogP contribution in [0.25, 0.3) is 0 Å². The molecule has 1 amide bonds. The Morgan fingerprint density at radius 2 is 2.00 bits per heavy atom. The molecule has 4 heteroatoms. The highest BCUT2D eigenvalue weighted by Gasteiger charge is 2.41. The van der Waals surface area contributed by atoms with Gasteiger partial charge < -0.3 is 10.6 Å². The minimum absolute atomic E-state index is 0. The molecule has 0 aromatic heterocycles. The lowest BCUT2D eigenvalue weighted by molar-refractivity contribution is -0.140. The van der Waals surface area contributed by atoms with E-state index in [1.807, 2.05) is 0 Å². The molecule has 0 aromatic carbocycles. The maximum atomic E-state index is 12.4. The second-order valence-electron chi connectivity index (χ2n) is 5.93. The molecule has 1 saturated carbocycles. The molecule has 1 heterocycles. The van der Waals surface area contributed by atoms with Crippen LogP contribution < -0.4 is 5.73 Å². The van der Waals surface area contributed by atoms with Crippen LogP contribution in [0, 0.1) is 11.3 Å². The Morgan fingerprint density at radius 1 is 1.41 bits per heavy atom. The standard InChI is InChI=1S/C13H24N2O.ClH/c1-10(14)11-5-8-15(9-11)12(16)13(2)6-3-4-7-13;/h10-11H,3-9,14H2,1-2H3;1H. The summed E-state index contributed by atoms with van der Waals surface area (Å²) in [5.41, 5.74) is 5.85. The van der Waals surface area contributed by atoms with Gasteiger partial charge in [-0.05, 0) is 32.1 Å². The molecule has 0 bridgehead atoms. The first-order valence-corrected chi connectivity index (χ1v) is 6.58. The van der Waals surface area contributed by atoms with Crippen LogP contribution in [0.1, 0.15) is 46.0 Å². The first-order chi connectivity index (χ1) is 7.53. The highest BCUT2D eigenvalue weighted by molar-refractivity contribution is 5.85. The van der Waals surface area contributed by atoms with Crippen molar-refractivity contribution in [2.45, 2.75) is 52.0 Å². The van der Waals surface area contributed by atoms with E-state index in [1.165, 1.54) is 12.8 Å². The third-order valence-electron chi connectivity index (χ3n) is 4.48. The number of nitrogens with two attached hydrogens (primary N) is 1. The van der Waals surface area contributed by atoms with Gasteiger partial charge in [0.15, 0.2) is 0 Å². The molecule has 2 fully saturated rings. The molecule has 2 aliphatic rings. The van der Waals surface area contributed by atoms with Crippen molar-refractivity contribution >= 4 is 18.3 Å². The lowest BCUT2D eigenvalue weighted by atomic mass is 9.87. The molecule has 1 aliphatic heterocycles. The van der Waals surface area contributed by atoms with E-state index < -0.39 is 0 Å². The summed E-state index contributed by atoms with van der Waals surface area (Å²) in [5, 5.41) is 0. The molecule has 2 atom stereocenters. The third-order valence-corrected chi connectivity index (χ3v) is 4.48. The fourth-order valence-corrected chi connectivity index (χ4v) is 3.15. The maximum Gasteiger partial charge on any atom is 0.228 e. The van der Waals surface area contributed by atoms with Gasteiger partial charge in [0.05, 0.1) is 0 Å². The number of likely N-dealkylation sites (tertiary alicyclic amines) is 1. The Bertz CT molecular complexity index is 275. The number of carbonyl (C=O) groups excluding carboxylic acids is 1. The van der Waals surface area contributed by atoms with Gasteiger partial charge in [-0.1, -0.05) is 19.8 Å². The summed E-state index contributed by atoms with van der Waals surface area (Å²) in [7, 11) is 0. The van der Waals surface area contributed by atoms with Crippen molar-refractivity contribution in [1.29, 1.82) is 0 Å². The van der Waals surface area contributed by atoms with Crippen LogP contribution in [-0.2, 0) is 4.79 Å². The van der Waals surface area contributed by atoms with Crippen LogP contribution in [0.15, 0.2) is 0 Å². The average Bonchev–Trinajstić information content (AvgIpc) is 2.85. The largest absolute Gasteiger partial charge is 0.342 e. The molecule has 2 rings (SSSR count). The summed E-state index contributed by atoms with van der Waals surface area (Å²) in [4.78, 5) is 14.5. The SMILES string of the molecule is CC(N)C1CCN(C(=O)C2(C)CCCC2)C1.Cl. The zero-order valence-electron chi connectivity index (χ0n) is 10.9. The van der Waals surface area contributed by atoms with Crippen molar-refractivity contribution in [3.05, 3.63) is 0 Å².